The van der Waals surface area contributed by atoms with E-state index in [0.717, 1.165) is 16.8 Å². The smallest absolute Gasteiger partial charge is 0.291 e. The van der Waals surface area contributed by atoms with Gasteiger partial charge < -0.3 is 9.73 Å². The van der Waals surface area contributed by atoms with Gasteiger partial charge in [0.05, 0.1) is 5.69 Å². The second-order valence-corrected chi connectivity index (χ2v) is 8.50. The molecule has 0 aliphatic rings. The average molecular weight is 457 g/mol. The highest BCUT2D eigenvalue weighted by Crippen LogP contribution is 2.26. The molecule has 33 heavy (non-hydrogen) atoms. The fraction of sp³-hybridized carbons (Fsp3) is 0.115. The molecule has 6 nitrogen and oxygen atoms in total. The number of carbonyl (C=O) groups is 1. The Balaban J connectivity index is 1.35. The molecule has 5 aromatic rings. The second-order valence-electron chi connectivity index (χ2n) is 8.07. The van der Waals surface area contributed by atoms with Crippen LogP contribution in [-0.2, 0) is 0 Å². The fourth-order valence-corrected chi connectivity index (χ4v) is 3.74. The van der Waals surface area contributed by atoms with Gasteiger partial charge in [0.15, 0.2) is 5.76 Å². The topological polar surface area (TPSA) is 73.0 Å². The summed E-state index contributed by atoms with van der Waals surface area (Å²) in [5.74, 6) is 0.897. The van der Waals surface area contributed by atoms with E-state index in [1.165, 1.54) is 5.56 Å². The molecule has 2 heterocycles. The molecule has 0 fully saturated rings. The van der Waals surface area contributed by atoms with Crippen LogP contribution in [0.4, 0.5) is 5.69 Å². The lowest BCUT2D eigenvalue weighted by atomic mass is 10.0. The van der Waals surface area contributed by atoms with E-state index in [1.807, 2.05) is 30.3 Å². The lowest BCUT2D eigenvalue weighted by Gasteiger charge is -2.05. The number of nitrogens with zero attached hydrogens (tertiary/aromatic N) is 3. The Bertz CT molecular complexity index is 1450. The van der Waals surface area contributed by atoms with Crippen molar-refractivity contribution in [2.24, 2.45) is 0 Å². The molecular weight excluding hydrogens is 436 g/mol. The van der Waals surface area contributed by atoms with Crippen molar-refractivity contribution in [3.05, 3.63) is 95.2 Å². The van der Waals surface area contributed by atoms with Gasteiger partial charge in [-0.25, -0.2) is 0 Å². The zero-order chi connectivity index (χ0) is 22.9. The van der Waals surface area contributed by atoms with Crippen LogP contribution in [-0.4, -0.2) is 20.9 Å². The third-order valence-corrected chi connectivity index (χ3v) is 5.60. The SMILES string of the molecule is CC(C)c1ccc(-n2nc3ccc(NC(=O)c4ccc(-c5cccc(Cl)c5)o4)cc3n2)cc1. The summed E-state index contributed by atoms with van der Waals surface area (Å²) in [6.07, 6.45) is 0. The monoisotopic (exact) mass is 456 g/mol. The number of carbonyl (C=O) groups excluding carboxylic acids is 1. The van der Waals surface area contributed by atoms with Crippen LogP contribution in [0.5, 0.6) is 0 Å². The third-order valence-electron chi connectivity index (χ3n) is 5.37. The van der Waals surface area contributed by atoms with Gasteiger partial charge in [-0.2, -0.15) is 4.80 Å². The molecule has 0 atom stereocenters. The number of rotatable bonds is 5. The zero-order valence-electron chi connectivity index (χ0n) is 18.1. The number of furan rings is 1. The summed E-state index contributed by atoms with van der Waals surface area (Å²) >= 11 is 6.05. The number of halogens is 1. The summed E-state index contributed by atoms with van der Waals surface area (Å²) in [6.45, 7) is 4.32. The molecule has 3 aromatic carbocycles. The van der Waals surface area contributed by atoms with Crippen molar-refractivity contribution in [3.8, 4) is 17.0 Å². The molecular formula is C26H21ClN4O2. The van der Waals surface area contributed by atoms with Crippen molar-refractivity contribution in [1.82, 2.24) is 15.0 Å². The van der Waals surface area contributed by atoms with E-state index in [2.05, 4.69) is 41.5 Å². The minimum Gasteiger partial charge on any atom is -0.451 e. The van der Waals surface area contributed by atoms with Crippen molar-refractivity contribution < 1.29 is 9.21 Å². The molecule has 1 N–H and O–H groups in total. The Morgan fingerprint density at radius 3 is 2.48 bits per heavy atom. The van der Waals surface area contributed by atoms with E-state index in [1.54, 1.807) is 41.2 Å². The van der Waals surface area contributed by atoms with Crippen LogP contribution in [0.25, 0.3) is 28.0 Å². The highest BCUT2D eigenvalue weighted by atomic mass is 35.5. The lowest BCUT2D eigenvalue weighted by Crippen LogP contribution is -2.10. The number of fused-ring (bicyclic) bond motifs is 1. The first-order chi connectivity index (χ1) is 16.0. The first-order valence-electron chi connectivity index (χ1n) is 10.6. The molecule has 0 spiro atoms. The van der Waals surface area contributed by atoms with Gasteiger partial charge >= 0.3 is 0 Å². The Morgan fingerprint density at radius 1 is 0.939 bits per heavy atom. The Morgan fingerprint density at radius 2 is 1.73 bits per heavy atom. The van der Waals surface area contributed by atoms with Gasteiger partial charge in [0.2, 0.25) is 0 Å². The molecule has 5 rings (SSSR count). The van der Waals surface area contributed by atoms with Crippen molar-refractivity contribution >= 4 is 34.2 Å². The molecule has 0 aliphatic carbocycles. The molecule has 0 radical (unpaired) electrons. The summed E-state index contributed by atoms with van der Waals surface area (Å²) in [7, 11) is 0. The summed E-state index contributed by atoms with van der Waals surface area (Å²) < 4.78 is 5.73. The predicted molar refractivity (Wildman–Crippen MR) is 130 cm³/mol. The molecule has 0 aliphatic heterocycles. The number of hydrogen-bond donors (Lipinski definition) is 1. The Kier molecular flexibility index (Phi) is 5.44. The van der Waals surface area contributed by atoms with Crippen molar-refractivity contribution in [2.75, 3.05) is 5.32 Å². The van der Waals surface area contributed by atoms with Crippen LogP contribution in [0.2, 0.25) is 5.02 Å². The lowest BCUT2D eigenvalue weighted by molar-refractivity contribution is 0.0997. The summed E-state index contributed by atoms with van der Waals surface area (Å²) in [5, 5.41) is 12.6. The van der Waals surface area contributed by atoms with Crippen molar-refractivity contribution in [1.29, 1.82) is 0 Å². The minimum atomic E-state index is -0.348. The molecule has 0 saturated carbocycles. The van der Waals surface area contributed by atoms with Gasteiger partial charge in [0.25, 0.3) is 5.91 Å². The van der Waals surface area contributed by atoms with Gasteiger partial charge in [-0.3, -0.25) is 4.79 Å². The number of anilines is 1. The molecule has 164 valence electrons. The van der Waals surface area contributed by atoms with E-state index in [-0.39, 0.29) is 11.7 Å². The van der Waals surface area contributed by atoms with E-state index in [9.17, 15) is 4.79 Å². The molecule has 7 heteroatoms. The van der Waals surface area contributed by atoms with E-state index in [4.69, 9.17) is 16.0 Å². The molecule has 1 amide bonds. The number of nitrogens with one attached hydrogen (secondary N) is 1. The van der Waals surface area contributed by atoms with Gasteiger partial charge in [-0.05, 0) is 66.1 Å². The van der Waals surface area contributed by atoms with Crippen LogP contribution in [0.1, 0.15) is 35.9 Å². The summed E-state index contributed by atoms with van der Waals surface area (Å²) in [5.41, 5.74) is 4.97. The van der Waals surface area contributed by atoms with Crippen LogP contribution in [0.3, 0.4) is 0 Å². The van der Waals surface area contributed by atoms with Crippen LogP contribution in [0, 0.1) is 0 Å². The van der Waals surface area contributed by atoms with Gasteiger partial charge in [-0.1, -0.05) is 49.7 Å². The van der Waals surface area contributed by atoms with Gasteiger partial charge in [0, 0.05) is 16.3 Å². The Hall–Kier alpha value is -3.90. The molecule has 0 unspecified atom stereocenters. The summed E-state index contributed by atoms with van der Waals surface area (Å²) in [4.78, 5) is 14.3. The maximum Gasteiger partial charge on any atom is 0.291 e. The largest absolute Gasteiger partial charge is 0.451 e. The van der Waals surface area contributed by atoms with E-state index < -0.39 is 0 Å². The normalized spacial score (nSPS) is 11.3. The number of benzene rings is 3. The number of aromatic nitrogens is 3. The van der Waals surface area contributed by atoms with E-state index in [0.29, 0.717) is 27.9 Å². The highest BCUT2D eigenvalue weighted by Gasteiger charge is 2.14. The zero-order valence-corrected chi connectivity index (χ0v) is 18.9. The molecule has 2 aromatic heterocycles. The minimum absolute atomic E-state index is 0.207. The van der Waals surface area contributed by atoms with Crippen molar-refractivity contribution in [2.45, 2.75) is 19.8 Å². The maximum absolute atomic E-state index is 12.7. The highest BCUT2D eigenvalue weighted by molar-refractivity contribution is 6.30. The maximum atomic E-state index is 12.7. The molecule has 0 saturated heterocycles. The summed E-state index contributed by atoms with van der Waals surface area (Å²) in [6, 6.07) is 24.3. The fourth-order valence-electron chi connectivity index (χ4n) is 3.55. The quantitative estimate of drug-likeness (QED) is 0.319. The van der Waals surface area contributed by atoms with Gasteiger partial charge in [-0.15, -0.1) is 10.2 Å². The first-order valence-corrected chi connectivity index (χ1v) is 11.0. The third kappa shape index (κ3) is 4.38. The first kappa shape index (κ1) is 21.0. The van der Waals surface area contributed by atoms with Crippen molar-refractivity contribution in [3.63, 3.8) is 0 Å². The second kappa shape index (κ2) is 8.56. The van der Waals surface area contributed by atoms with E-state index >= 15 is 0 Å². The number of hydrogen-bond acceptors (Lipinski definition) is 4. The Labute approximate surface area is 195 Å². The average Bonchev–Trinajstić information content (AvgIpc) is 3.46. The van der Waals surface area contributed by atoms with Crippen LogP contribution in [0.15, 0.2) is 83.3 Å². The van der Waals surface area contributed by atoms with Gasteiger partial charge in [0.1, 0.15) is 16.8 Å². The molecule has 0 bridgehead atoms. The van der Waals surface area contributed by atoms with Crippen LogP contribution < -0.4 is 5.32 Å². The van der Waals surface area contributed by atoms with Crippen LogP contribution >= 0.6 is 11.6 Å². The predicted octanol–water partition coefficient (Wildman–Crippen LogP) is 6.71. The standard InChI is InChI=1S/C26H21ClN4O2/c1-16(2)17-6-9-21(10-7-17)31-29-22-11-8-20(15-23(22)30-31)28-26(32)25-13-12-24(33-25)18-4-3-5-19(27)14-18/h3-16H,1-2H3,(H,28,32). The number of amides is 1.